The number of carbonyl (C=O) groups excluding carboxylic acids is 3. The van der Waals surface area contributed by atoms with Crippen LogP contribution in [0.1, 0.15) is 94.1 Å². The first kappa shape index (κ1) is 39.1. The minimum absolute atomic E-state index is 0.0346. The molecule has 12 heteroatoms. The molecule has 3 fully saturated rings. The number of likely N-dealkylation sites (N-methyl/N-ethyl adjacent to an activating group) is 1. The molecule has 2 aromatic heterocycles. The molecular formula is C46H54N8O4. The van der Waals surface area contributed by atoms with Gasteiger partial charge in [0.1, 0.15) is 17.7 Å². The predicted octanol–water partition coefficient (Wildman–Crippen LogP) is 8.07. The van der Waals surface area contributed by atoms with Gasteiger partial charge in [0.2, 0.25) is 11.8 Å². The number of amides is 3. The maximum absolute atomic E-state index is 14.2. The fraction of sp³-hybridized carbons (Fsp3) is 0.413. The molecule has 8 rings (SSSR count). The average molecular weight is 783 g/mol. The minimum Gasteiger partial charge on any atom is -0.453 e. The number of likely N-dealkylation sites (tertiary alicyclic amines) is 2. The van der Waals surface area contributed by atoms with Crippen LogP contribution < -0.4 is 5.32 Å². The van der Waals surface area contributed by atoms with Crippen molar-refractivity contribution in [2.45, 2.75) is 83.0 Å². The summed E-state index contributed by atoms with van der Waals surface area (Å²) in [6.07, 6.45) is 9.10. The van der Waals surface area contributed by atoms with E-state index in [2.05, 4.69) is 94.7 Å². The first-order valence-electron chi connectivity index (χ1n) is 20.9. The van der Waals surface area contributed by atoms with E-state index >= 15 is 0 Å². The molecule has 0 radical (unpaired) electrons. The number of H-pyrrole nitrogens is 2. The van der Waals surface area contributed by atoms with E-state index in [0.29, 0.717) is 13.0 Å². The summed E-state index contributed by atoms with van der Waals surface area (Å²) in [6, 6.07) is 26.5. The number of benzene rings is 3. The van der Waals surface area contributed by atoms with Crippen LogP contribution in [-0.2, 0) is 14.3 Å². The number of carbonyl (C=O) groups is 3. The molecule has 3 aliphatic rings. The van der Waals surface area contributed by atoms with Crippen molar-refractivity contribution in [3.05, 3.63) is 108 Å². The lowest BCUT2D eigenvalue weighted by atomic mass is 10.0. The first-order chi connectivity index (χ1) is 28.3. The molecular weight excluding hydrogens is 729 g/mol. The van der Waals surface area contributed by atoms with Crippen LogP contribution in [0.15, 0.2) is 91.3 Å². The van der Waals surface area contributed by atoms with Gasteiger partial charge < -0.3 is 29.8 Å². The van der Waals surface area contributed by atoms with Gasteiger partial charge in [0.05, 0.1) is 43.0 Å². The third kappa shape index (κ3) is 8.02. The van der Waals surface area contributed by atoms with Gasteiger partial charge in [0, 0.05) is 25.0 Å². The second-order valence-corrected chi connectivity index (χ2v) is 15.8. The Bertz CT molecular complexity index is 2180. The second-order valence-electron chi connectivity index (χ2n) is 15.8. The van der Waals surface area contributed by atoms with Crippen LogP contribution in [0, 0.1) is 5.92 Å². The highest BCUT2D eigenvalue weighted by molar-refractivity contribution is 5.84. The monoisotopic (exact) mass is 782 g/mol. The maximum Gasteiger partial charge on any atom is 0.407 e. The van der Waals surface area contributed by atoms with Gasteiger partial charge >= 0.3 is 6.09 Å². The predicted molar refractivity (Wildman–Crippen MR) is 223 cm³/mol. The molecule has 0 bridgehead atoms. The zero-order valence-corrected chi connectivity index (χ0v) is 33.7. The summed E-state index contributed by atoms with van der Waals surface area (Å²) in [5.41, 5.74) is 7.15. The van der Waals surface area contributed by atoms with Crippen LogP contribution >= 0.6 is 0 Å². The molecule has 4 heterocycles. The molecule has 2 aliphatic heterocycles. The van der Waals surface area contributed by atoms with E-state index in [9.17, 15) is 14.4 Å². The van der Waals surface area contributed by atoms with E-state index in [1.807, 2.05) is 40.4 Å². The van der Waals surface area contributed by atoms with E-state index < -0.39 is 6.09 Å². The number of rotatable bonds is 12. The highest BCUT2D eigenvalue weighted by Crippen LogP contribution is 2.38. The van der Waals surface area contributed by atoms with Crippen molar-refractivity contribution in [1.82, 2.24) is 40.0 Å². The van der Waals surface area contributed by atoms with E-state index in [1.54, 1.807) is 0 Å². The Morgan fingerprint density at radius 2 is 1.28 bits per heavy atom. The molecule has 5 aromatic rings. The van der Waals surface area contributed by atoms with Crippen molar-refractivity contribution in [3.8, 4) is 33.6 Å². The zero-order valence-electron chi connectivity index (χ0n) is 33.7. The van der Waals surface area contributed by atoms with Crippen molar-refractivity contribution < 1.29 is 19.1 Å². The number of nitrogens with one attached hydrogen (secondary N) is 3. The van der Waals surface area contributed by atoms with E-state index in [1.165, 1.54) is 7.11 Å². The summed E-state index contributed by atoms with van der Waals surface area (Å²) >= 11 is 0. The Balaban J connectivity index is 0.906. The SMILES string of the molecule is CCN(CC)[C@@H](C(=O)N1CCC[C@H]1c1ncc(-c2ccc(-c3ccc(-c4cnc([C@@H]5CCCN5C(=O)C5CC[C@H](NC(=O)OC)C5)[nH]4)cc3)cc2)[nH]1)c1ccccc1. The quantitative estimate of drug-likeness (QED) is 0.116. The standard InChI is InChI=1S/C46H54N8O4/c1-4-52(5-2)41(34-11-7-6-8-12-34)45(56)54-26-10-14-40(54)43-48-29-38(51-43)33-21-17-31(18-22-33)30-15-19-32(20-16-30)37-28-47-42(50-37)39-13-9-25-53(39)44(55)35-23-24-36(27-35)49-46(57)58-3/h6-8,11-12,15-22,28-29,35-36,39-41H,4-5,9-10,13-14,23-27H2,1-3H3,(H,47,50)(H,48,51)(H,49,57)/t35?,36-,39-,40-,41+/m0/s1. The van der Waals surface area contributed by atoms with Gasteiger partial charge in [-0.2, -0.15) is 0 Å². The van der Waals surface area contributed by atoms with E-state index in [4.69, 9.17) is 14.7 Å². The van der Waals surface area contributed by atoms with Crippen LogP contribution in [-0.4, -0.2) is 91.9 Å². The molecule has 12 nitrogen and oxygen atoms in total. The van der Waals surface area contributed by atoms with Gasteiger partial charge in [-0.25, -0.2) is 14.8 Å². The number of hydrogen-bond acceptors (Lipinski definition) is 7. The van der Waals surface area contributed by atoms with Gasteiger partial charge in [0.15, 0.2) is 0 Å². The van der Waals surface area contributed by atoms with Crippen LogP contribution in [0.25, 0.3) is 33.6 Å². The molecule has 2 saturated heterocycles. The number of nitrogens with zero attached hydrogens (tertiary/aromatic N) is 5. The molecule has 0 spiro atoms. The Kier molecular flexibility index (Phi) is 11.7. The lowest BCUT2D eigenvalue weighted by Crippen LogP contribution is -2.43. The number of hydrogen-bond donors (Lipinski definition) is 3. The van der Waals surface area contributed by atoms with Crippen LogP contribution in [0.4, 0.5) is 4.79 Å². The Morgan fingerprint density at radius 1 is 0.741 bits per heavy atom. The van der Waals surface area contributed by atoms with Gasteiger partial charge in [0.25, 0.3) is 0 Å². The van der Waals surface area contributed by atoms with Crippen molar-refractivity contribution >= 4 is 17.9 Å². The molecule has 58 heavy (non-hydrogen) atoms. The van der Waals surface area contributed by atoms with Crippen LogP contribution in [0.3, 0.4) is 0 Å². The van der Waals surface area contributed by atoms with Gasteiger partial charge in [-0.3, -0.25) is 14.5 Å². The van der Waals surface area contributed by atoms with E-state index in [-0.39, 0.29) is 41.9 Å². The third-order valence-electron chi connectivity index (χ3n) is 12.4. The molecule has 1 saturated carbocycles. The van der Waals surface area contributed by atoms with Crippen molar-refractivity contribution in [1.29, 1.82) is 0 Å². The highest BCUT2D eigenvalue weighted by atomic mass is 16.5. The Morgan fingerprint density at radius 3 is 1.83 bits per heavy atom. The zero-order chi connectivity index (χ0) is 40.2. The van der Waals surface area contributed by atoms with Crippen molar-refractivity contribution in [3.63, 3.8) is 0 Å². The number of aromatic amines is 2. The summed E-state index contributed by atoms with van der Waals surface area (Å²) in [5.74, 6) is 1.82. The number of imidazole rings is 2. The third-order valence-corrected chi connectivity index (χ3v) is 12.4. The molecule has 1 aliphatic carbocycles. The lowest BCUT2D eigenvalue weighted by molar-refractivity contribution is -0.138. The summed E-state index contributed by atoms with van der Waals surface area (Å²) < 4.78 is 4.74. The molecule has 1 unspecified atom stereocenters. The molecule has 3 amide bonds. The largest absolute Gasteiger partial charge is 0.453 e. The molecule has 5 atom stereocenters. The fourth-order valence-electron chi connectivity index (χ4n) is 9.31. The normalized spacial score (nSPS) is 21.1. The summed E-state index contributed by atoms with van der Waals surface area (Å²) in [4.78, 5) is 62.4. The Hall–Kier alpha value is -5.75. The summed E-state index contributed by atoms with van der Waals surface area (Å²) in [7, 11) is 1.36. The number of alkyl carbamates (subject to hydrolysis) is 1. The number of methoxy groups -OCH3 is 1. The summed E-state index contributed by atoms with van der Waals surface area (Å²) in [5, 5.41) is 2.85. The second kappa shape index (κ2) is 17.4. The molecule has 3 aromatic carbocycles. The van der Waals surface area contributed by atoms with Gasteiger partial charge in [-0.05, 0) is 85.9 Å². The summed E-state index contributed by atoms with van der Waals surface area (Å²) in [6.45, 7) is 7.25. The highest BCUT2D eigenvalue weighted by Gasteiger charge is 2.40. The topological polar surface area (TPSA) is 140 Å². The molecule has 302 valence electrons. The lowest BCUT2D eigenvalue weighted by Gasteiger charge is -2.34. The average Bonchev–Trinajstić information content (AvgIpc) is 4.12. The minimum atomic E-state index is -0.447. The first-order valence-corrected chi connectivity index (χ1v) is 20.9. The van der Waals surface area contributed by atoms with Gasteiger partial charge in [-0.15, -0.1) is 0 Å². The Labute approximate surface area is 340 Å². The van der Waals surface area contributed by atoms with Gasteiger partial charge in [-0.1, -0.05) is 92.7 Å². The number of aromatic nitrogens is 4. The van der Waals surface area contributed by atoms with E-state index in [0.717, 1.165) is 109 Å². The molecule has 3 N–H and O–H groups in total. The van der Waals surface area contributed by atoms with Crippen LogP contribution in [0.2, 0.25) is 0 Å². The van der Waals surface area contributed by atoms with Crippen molar-refractivity contribution in [2.75, 3.05) is 33.3 Å². The van der Waals surface area contributed by atoms with Crippen molar-refractivity contribution in [2.24, 2.45) is 5.92 Å². The maximum atomic E-state index is 14.2. The smallest absolute Gasteiger partial charge is 0.407 e. The number of ether oxygens (including phenoxy) is 1. The van der Waals surface area contributed by atoms with Crippen LogP contribution in [0.5, 0.6) is 0 Å². The fourth-order valence-corrected chi connectivity index (χ4v) is 9.31.